The first kappa shape index (κ1) is 13.9. The summed E-state index contributed by atoms with van der Waals surface area (Å²) in [5.41, 5.74) is 2.33. The maximum absolute atomic E-state index is 12.4. The van der Waals surface area contributed by atoms with E-state index >= 15 is 0 Å². The van der Waals surface area contributed by atoms with Crippen molar-refractivity contribution in [3.63, 3.8) is 0 Å². The molecule has 0 spiro atoms. The normalized spacial score (nSPS) is 10.7. The van der Waals surface area contributed by atoms with E-state index in [0.29, 0.717) is 22.5 Å². The van der Waals surface area contributed by atoms with Gasteiger partial charge in [-0.25, -0.2) is 0 Å². The Morgan fingerprint density at radius 3 is 1.67 bits per heavy atom. The molecule has 4 heterocycles. The SMILES string of the molecule is O=C(c1cc(-c2ccnnc2)no1)c1cc(-c2ccnnc2)no1. The van der Waals surface area contributed by atoms with Gasteiger partial charge in [0.05, 0.1) is 24.8 Å². The number of carbonyl (C=O) groups excluding carboxylic acids is 1. The zero-order chi connectivity index (χ0) is 16.4. The highest BCUT2D eigenvalue weighted by Gasteiger charge is 2.21. The predicted octanol–water partition coefficient (Wildman–Crippen LogP) is 1.81. The molecule has 0 aliphatic rings. The van der Waals surface area contributed by atoms with E-state index in [1.54, 1.807) is 12.1 Å². The van der Waals surface area contributed by atoms with Crippen LogP contribution < -0.4 is 0 Å². The first-order chi connectivity index (χ1) is 11.8. The van der Waals surface area contributed by atoms with Crippen molar-refractivity contribution in [2.24, 2.45) is 0 Å². The Morgan fingerprint density at radius 2 is 1.25 bits per heavy atom. The average molecular weight is 320 g/mol. The number of aromatic nitrogens is 6. The van der Waals surface area contributed by atoms with Crippen molar-refractivity contribution in [3.05, 3.63) is 60.6 Å². The summed E-state index contributed by atoms with van der Waals surface area (Å²) >= 11 is 0. The quantitative estimate of drug-likeness (QED) is 0.518. The number of hydrogen-bond donors (Lipinski definition) is 0. The Labute approximate surface area is 134 Å². The first-order valence-corrected chi connectivity index (χ1v) is 6.83. The van der Waals surface area contributed by atoms with Gasteiger partial charge in [0, 0.05) is 23.3 Å². The molecule has 116 valence electrons. The van der Waals surface area contributed by atoms with Gasteiger partial charge in [-0.1, -0.05) is 10.3 Å². The molecule has 24 heavy (non-hydrogen) atoms. The molecule has 4 rings (SSSR count). The third-order valence-electron chi connectivity index (χ3n) is 3.23. The van der Waals surface area contributed by atoms with E-state index in [1.807, 2.05) is 0 Å². The molecule has 0 aliphatic carbocycles. The molecule has 9 nitrogen and oxygen atoms in total. The molecule has 4 aromatic heterocycles. The van der Waals surface area contributed by atoms with Gasteiger partial charge >= 0.3 is 0 Å². The van der Waals surface area contributed by atoms with Gasteiger partial charge in [0.2, 0.25) is 11.5 Å². The molecule has 0 radical (unpaired) electrons. The van der Waals surface area contributed by atoms with Crippen LogP contribution in [0, 0.1) is 0 Å². The van der Waals surface area contributed by atoms with E-state index in [9.17, 15) is 4.79 Å². The number of ketones is 1. The average Bonchev–Trinajstić information content (AvgIpc) is 3.33. The minimum Gasteiger partial charge on any atom is -0.352 e. The van der Waals surface area contributed by atoms with Gasteiger partial charge in [0.15, 0.2) is 0 Å². The van der Waals surface area contributed by atoms with Crippen molar-refractivity contribution < 1.29 is 13.8 Å². The Morgan fingerprint density at radius 1 is 0.750 bits per heavy atom. The van der Waals surface area contributed by atoms with Crippen molar-refractivity contribution in [1.29, 1.82) is 0 Å². The van der Waals surface area contributed by atoms with E-state index < -0.39 is 5.78 Å². The summed E-state index contributed by atoms with van der Waals surface area (Å²) in [4.78, 5) is 12.4. The van der Waals surface area contributed by atoms with E-state index in [1.165, 1.54) is 36.9 Å². The molecule has 0 aliphatic heterocycles. The number of hydrogen-bond acceptors (Lipinski definition) is 9. The minimum absolute atomic E-state index is 0.0392. The second-order valence-corrected chi connectivity index (χ2v) is 4.74. The maximum atomic E-state index is 12.4. The molecule has 0 unspecified atom stereocenters. The minimum atomic E-state index is -0.462. The third-order valence-corrected chi connectivity index (χ3v) is 3.23. The molecule has 0 saturated carbocycles. The monoisotopic (exact) mass is 320 g/mol. The van der Waals surface area contributed by atoms with Crippen LogP contribution in [0.1, 0.15) is 16.3 Å². The topological polar surface area (TPSA) is 121 Å². The van der Waals surface area contributed by atoms with Crippen LogP contribution >= 0.6 is 0 Å². The van der Waals surface area contributed by atoms with Crippen molar-refractivity contribution in [1.82, 2.24) is 30.7 Å². The van der Waals surface area contributed by atoms with E-state index in [2.05, 4.69) is 30.7 Å². The highest BCUT2D eigenvalue weighted by molar-refractivity contribution is 6.05. The van der Waals surface area contributed by atoms with Crippen LogP contribution in [-0.2, 0) is 0 Å². The Balaban J connectivity index is 1.61. The van der Waals surface area contributed by atoms with Gasteiger partial charge in [-0.05, 0) is 12.1 Å². The van der Waals surface area contributed by atoms with Gasteiger partial charge in [0.1, 0.15) is 11.4 Å². The number of nitrogens with zero attached hydrogens (tertiary/aromatic N) is 6. The molecule has 0 aromatic carbocycles. The fourth-order valence-electron chi connectivity index (χ4n) is 2.04. The lowest BCUT2D eigenvalue weighted by atomic mass is 10.1. The molecule has 9 heteroatoms. The summed E-state index contributed by atoms with van der Waals surface area (Å²) in [6.45, 7) is 0. The number of carbonyl (C=O) groups is 1. The fourth-order valence-corrected chi connectivity index (χ4v) is 2.04. The van der Waals surface area contributed by atoms with Crippen LogP contribution in [0.15, 0.2) is 58.1 Å². The summed E-state index contributed by atoms with van der Waals surface area (Å²) in [6, 6.07) is 6.44. The van der Waals surface area contributed by atoms with Gasteiger partial charge in [-0.15, -0.1) is 0 Å². The Kier molecular flexibility index (Phi) is 3.35. The Bertz CT molecular complexity index is 901. The lowest BCUT2D eigenvalue weighted by Crippen LogP contribution is -1.97. The lowest BCUT2D eigenvalue weighted by molar-refractivity contribution is 0.0966. The van der Waals surface area contributed by atoms with Crippen molar-refractivity contribution in [2.45, 2.75) is 0 Å². The summed E-state index contributed by atoms with van der Waals surface area (Å²) in [7, 11) is 0. The maximum Gasteiger partial charge on any atom is 0.269 e. The molecular formula is C15H8N6O3. The molecule has 0 fully saturated rings. The van der Waals surface area contributed by atoms with Crippen LogP contribution in [0.25, 0.3) is 22.5 Å². The van der Waals surface area contributed by atoms with Crippen molar-refractivity contribution in [3.8, 4) is 22.5 Å². The van der Waals surface area contributed by atoms with Crippen molar-refractivity contribution in [2.75, 3.05) is 0 Å². The largest absolute Gasteiger partial charge is 0.352 e. The second kappa shape index (κ2) is 5.80. The fraction of sp³-hybridized carbons (Fsp3) is 0. The van der Waals surface area contributed by atoms with Gasteiger partial charge in [0.25, 0.3) is 5.78 Å². The van der Waals surface area contributed by atoms with Gasteiger partial charge < -0.3 is 9.05 Å². The highest BCUT2D eigenvalue weighted by Crippen LogP contribution is 2.22. The highest BCUT2D eigenvalue weighted by atomic mass is 16.5. The standard InChI is InChI=1S/C15H8N6O3/c22-15(13-5-11(20-23-13)9-1-3-16-18-7-9)14-6-12(21-24-14)10-2-4-17-19-8-10/h1-8H. The van der Waals surface area contributed by atoms with Gasteiger partial charge in [-0.2, -0.15) is 20.4 Å². The molecule has 0 amide bonds. The number of rotatable bonds is 4. The zero-order valence-corrected chi connectivity index (χ0v) is 12.0. The van der Waals surface area contributed by atoms with Crippen LogP contribution in [-0.4, -0.2) is 36.5 Å². The lowest BCUT2D eigenvalue weighted by Gasteiger charge is -1.90. The van der Waals surface area contributed by atoms with Crippen molar-refractivity contribution >= 4 is 5.78 Å². The van der Waals surface area contributed by atoms with E-state index in [-0.39, 0.29) is 11.5 Å². The summed E-state index contributed by atoms with van der Waals surface area (Å²) in [5, 5.41) is 22.6. The van der Waals surface area contributed by atoms with Crippen LogP contribution in [0.5, 0.6) is 0 Å². The molecule has 0 bridgehead atoms. The molecule has 0 saturated heterocycles. The smallest absolute Gasteiger partial charge is 0.269 e. The third kappa shape index (κ3) is 2.54. The van der Waals surface area contributed by atoms with Crippen LogP contribution in [0.4, 0.5) is 0 Å². The van der Waals surface area contributed by atoms with E-state index in [0.717, 1.165) is 0 Å². The second-order valence-electron chi connectivity index (χ2n) is 4.74. The first-order valence-electron chi connectivity index (χ1n) is 6.83. The summed E-state index contributed by atoms with van der Waals surface area (Å²) in [6.07, 6.45) is 6.10. The molecule has 4 aromatic rings. The summed E-state index contributed by atoms with van der Waals surface area (Å²) < 4.78 is 10.2. The van der Waals surface area contributed by atoms with Crippen LogP contribution in [0.3, 0.4) is 0 Å². The van der Waals surface area contributed by atoms with E-state index in [4.69, 9.17) is 9.05 Å². The molecule has 0 atom stereocenters. The Hall–Kier alpha value is -3.75. The molecule has 0 N–H and O–H groups in total. The predicted molar refractivity (Wildman–Crippen MR) is 78.5 cm³/mol. The zero-order valence-electron chi connectivity index (χ0n) is 12.0. The summed E-state index contributed by atoms with van der Waals surface area (Å²) in [5.74, 6) is -0.383. The van der Waals surface area contributed by atoms with Crippen LogP contribution in [0.2, 0.25) is 0 Å². The van der Waals surface area contributed by atoms with Gasteiger partial charge in [-0.3, -0.25) is 4.79 Å². The molecular weight excluding hydrogens is 312 g/mol.